The zero-order valence-corrected chi connectivity index (χ0v) is 7.63. The lowest BCUT2D eigenvalue weighted by molar-refractivity contribution is 0.515. The van der Waals surface area contributed by atoms with Crippen LogP contribution in [0, 0.1) is 12.8 Å². The molecule has 1 saturated carbocycles. The summed E-state index contributed by atoms with van der Waals surface area (Å²) in [5.41, 5.74) is 7.35. The minimum absolute atomic E-state index is 0.0637. The fraction of sp³-hybridized carbons (Fsp3) is 0.600. The van der Waals surface area contributed by atoms with Crippen LogP contribution in [-0.2, 0) is 5.54 Å². The summed E-state index contributed by atoms with van der Waals surface area (Å²) in [5.74, 6) is 1.64. The summed E-state index contributed by atoms with van der Waals surface area (Å²) in [5, 5.41) is 0. The third-order valence-corrected chi connectivity index (χ3v) is 3.01. The molecule has 1 aromatic heterocycles. The highest BCUT2D eigenvalue weighted by Crippen LogP contribution is 2.52. The van der Waals surface area contributed by atoms with Crippen LogP contribution >= 0.6 is 0 Å². The molecule has 1 aliphatic rings. The van der Waals surface area contributed by atoms with E-state index in [-0.39, 0.29) is 5.54 Å². The summed E-state index contributed by atoms with van der Waals surface area (Å²) in [7, 11) is 0. The van der Waals surface area contributed by atoms with Crippen LogP contribution in [0.1, 0.15) is 31.1 Å². The van der Waals surface area contributed by atoms with Gasteiger partial charge in [0.1, 0.15) is 5.76 Å². The van der Waals surface area contributed by atoms with Gasteiger partial charge < -0.3 is 10.2 Å². The van der Waals surface area contributed by atoms with Gasteiger partial charge in [-0.1, -0.05) is 13.3 Å². The van der Waals surface area contributed by atoms with Crippen molar-refractivity contribution in [2.75, 3.05) is 0 Å². The van der Waals surface area contributed by atoms with Gasteiger partial charge in [0, 0.05) is 11.1 Å². The third-order valence-electron chi connectivity index (χ3n) is 3.01. The van der Waals surface area contributed by atoms with Crippen molar-refractivity contribution in [3.8, 4) is 0 Å². The molecule has 2 rings (SSSR count). The Morgan fingerprint density at radius 3 is 2.92 bits per heavy atom. The number of hydrogen-bond donors (Lipinski definition) is 1. The van der Waals surface area contributed by atoms with Crippen LogP contribution in [0.15, 0.2) is 16.7 Å². The van der Waals surface area contributed by atoms with E-state index in [1.165, 1.54) is 12.0 Å². The molecule has 0 radical (unpaired) electrons. The largest absolute Gasteiger partial charge is 0.469 e. The Bertz CT molecular complexity index is 292. The van der Waals surface area contributed by atoms with Crippen molar-refractivity contribution in [1.82, 2.24) is 0 Å². The van der Waals surface area contributed by atoms with Crippen LogP contribution in [0.25, 0.3) is 0 Å². The molecule has 2 heteroatoms. The second-order valence-corrected chi connectivity index (χ2v) is 3.74. The van der Waals surface area contributed by atoms with E-state index in [4.69, 9.17) is 10.2 Å². The van der Waals surface area contributed by atoms with Gasteiger partial charge in [0.2, 0.25) is 0 Å². The molecule has 0 aliphatic heterocycles. The van der Waals surface area contributed by atoms with Gasteiger partial charge in [0.25, 0.3) is 0 Å². The zero-order chi connectivity index (χ0) is 8.77. The summed E-state index contributed by atoms with van der Waals surface area (Å²) < 4.78 is 5.24. The molecular weight excluding hydrogens is 150 g/mol. The van der Waals surface area contributed by atoms with E-state index in [1.54, 1.807) is 6.26 Å². The maximum Gasteiger partial charge on any atom is 0.105 e. The SMILES string of the molecule is CCC1CC1(N)c1ccoc1C. The lowest BCUT2D eigenvalue weighted by Crippen LogP contribution is -2.22. The van der Waals surface area contributed by atoms with Crippen LogP contribution < -0.4 is 5.73 Å². The van der Waals surface area contributed by atoms with Crippen molar-refractivity contribution < 1.29 is 4.42 Å². The topological polar surface area (TPSA) is 39.2 Å². The summed E-state index contributed by atoms with van der Waals surface area (Å²) in [6.07, 6.45) is 4.01. The van der Waals surface area contributed by atoms with Gasteiger partial charge in [0.05, 0.1) is 6.26 Å². The van der Waals surface area contributed by atoms with E-state index >= 15 is 0 Å². The number of nitrogens with two attached hydrogens (primary N) is 1. The van der Waals surface area contributed by atoms with Gasteiger partial charge in [0.15, 0.2) is 0 Å². The van der Waals surface area contributed by atoms with E-state index in [0.29, 0.717) is 5.92 Å². The molecule has 2 atom stereocenters. The van der Waals surface area contributed by atoms with Gasteiger partial charge in [-0.3, -0.25) is 0 Å². The Morgan fingerprint density at radius 1 is 1.75 bits per heavy atom. The number of aryl methyl sites for hydroxylation is 1. The molecular formula is C10H15NO. The van der Waals surface area contributed by atoms with Gasteiger partial charge in [-0.15, -0.1) is 0 Å². The standard InChI is InChI=1S/C10H15NO/c1-3-8-6-10(8,11)9-4-5-12-7(9)2/h4-5,8H,3,6,11H2,1-2H3. The first-order valence-corrected chi connectivity index (χ1v) is 4.52. The first-order chi connectivity index (χ1) is 5.68. The Labute approximate surface area is 72.7 Å². The normalized spacial score (nSPS) is 33.8. The van der Waals surface area contributed by atoms with Crippen molar-refractivity contribution in [2.24, 2.45) is 11.7 Å². The maximum absolute atomic E-state index is 6.21. The number of furan rings is 1. The summed E-state index contributed by atoms with van der Waals surface area (Å²) >= 11 is 0. The minimum atomic E-state index is -0.0637. The first-order valence-electron chi connectivity index (χ1n) is 4.52. The Kier molecular flexibility index (Phi) is 1.55. The molecule has 12 heavy (non-hydrogen) atoms. The van der Waals surface area contributed by atoms with Crippen LogP contribution in [0.5, 0.6) is 0 Å². The van der Waals surface area contributed by atoms with Crippen LogP contribution in [0.4, 0.5) is 0 Å². The van der Waals surface area contributed by atoms with Crippen molar-refractivity contribution in [2.45, 2.75) is 32.2 Å². The lowest BCUT2D eigenvalue weighted by atomic mass is 10.0. The Balaban J connectivity index is 2.27. The van der Waals surface area contributed by atoms with Gasteiger partial charge in [-0.2, -0.15) is 0 Å². The van der Waals surface area contributed by atoms with Gasteiger partial charge >= 0.3 is 0 Å². The number of hydrogen-bond acceptors (Lipinski definition) is 2. The molecule has 2 nitrogen and oxygen atoms in total. The molecule has 1 aliphatic carbocycles. The molecule has 2 unspecified atom stereocenters. The van der Waals surface area contributed by atoms with Crippen LogP contribution in [0.2, 0.25) is 0 Å². The minimum Gasteiger partial charge on any atom is -0.469 e. The van der Waals surface area contributed by atoms with Crippen LogP contribution in [0.3, 0.4) is 0 Å². The van der Waals surface area contributed by atoms with Crippen molar-refractivity contribution >= 4 is 0 Å². The highest BCUT2D eigenvalue weighted by molar-refractivity contribution is 5.33. The summed E-state index contributed by atoms with van der Waals surface area (Å²) in [6, 6.07) is 2.00. The van der Waals surface area contributed by atoms with Gasteiger partial charge in [-0.25, -0.2) is 0 Å². The molecule has 0 amide bonds. The predicted molar refractivity (Wildman–Crippen MR) is 47.7 cm³/mol. The molecule has 66 valence electrons. The second-order valence-electron chi connectivity index (χ2n) is 3.74. The van der Waals surface area contributed by atoms with E-state index in [0.717, 1.165) is 12.2 Å². The molecule has 0 saturated heterocycles. The quantitative estimate of drug-likeness (QED) is 0.729. The maximum atomic E-state index is 6.21. The average molecular weight is 165 g/mol. The molecule has 0 aromatic carbocycles. The molecule has 2 N–H and O–H groups in total. The predicted octanol–water partition coefficient (Wildman–Crippen LogP) is 2.17. The number of rotatable bonds is 2. The molecule has 0 spiro atoms. The monoisotopic (exact) mass is 165 g/mol. The smallest absolute Gasteiger partial charge is 0.105 e. The average Bonchev–Trinajstić information content (AvgIpc) is 2.50. The summed E-state index contributed by atoms with van der Waals surface area (Å²) in [4.78, 5) is 0. The van der Waals surface area contributed by atoms with Crippen molar-refractivity contribution in [3.63, 3.8) is 0 Å². The Hall–Kier alpha value is -0.760. The van der Waals surface area contributed by atoms with Crippen molar-refractivity contribution in [1.29, 1.82) is 0 Å². The van der Waals surface area contributed by atoms with Crippen LogP contribution in [-0.4, -0.2) is 0 Å². The summed E-state index contributed by atoms with van der Waals surface area (Å²) in [6.45, 7) is 4.17. The van der Waals surface area contributed by atoms with E-state index < -0.39 is 0 Å². The Morgan fingerprint density at radius 2 is 2.50 bits per heavy atom. The van der Waals surface area contributed by atoms with E-state index in [1.807, 2.05) is 13.0 Å². The lowest BCUT2D eigenvalue weighted by Gasteiger charge is -2.08. The molecule has 1 fully saturated rings. The first kappa shape index (κ1) is 7.87. The molecule has 1 aromatic rings. The fourth-order valence-corrected chi connectivity index (χ4v) is 2.06. The third kappa shape index (κ3) is 0.911. The molecule has 0 bridgehead atoms. The molecule has 1 heterocycles. The van der Waals surface area contributed by atoms with E-state index in [9.17, 15) is 0 Å². The zero-order valence-electron chi connectivity index (χ0n) is 7.63. The van der Waals surface area contributed by atoms with Gasteiger partial charge in [-0.05, 0) is 25.3 Å². The van der Waals surface area contributed by atoms with Crippen molar-refractivity contribution in [3.05, 3.63) is 23.7 Å². The highest BCUT2D eigenvalue weighted by atomic mass is 16.3. The second kappa shape index (κ2) is 2.36. The fourth-order valence-electron chi connectivity index (χ4n) is 2.06. The highest BCUT2D eigenvalue weighted by Gasteiger charge is 2.52. The van der Waals surface area contributed by atoms with E-state index in [2.05, 4.69) is 6.92 Å².